The summed E-state index contributed by atoms with van der Waals surface area (Å²) >= 11 is 0. The fraction of sp³-hybridized carbons (Fsp3) is 0.167. The second-order valence-electron chi connectivity index (χ2n) is 8.56. The van der Waals surface area contributed by atoms with Crippen molar-refractivity contribution in [2.24, 2.45) is 0 Å². The van der Waals surface area contributed by atoms with Gasteiger partial charge in [0.25, 0.3) is 0 Å². The van der Waals surface area contributed by atoms with Crippen molar-refractivity contribution >= 4 is 29.4 Å². The molecule has 0 fully saturated rings. The largest absolute Gasteiger partial charge is 0.246 e. The summed E-state index contributed by atoms with van der Waals surface area (Å²) in [5.41, 5.74) is 5.52. The first-order valence-corrected chi connectivity index (χ1v) is 12.7. The molecule has 5 heteroatoms. The normalized spacial score (nSPS) is 17.6. The van der Waals surface area contributed by atoms with Gasteiger partial charge in [-0.05, 0) is 43.3 Å². The summed E-state index contributed by atoms with van der Waals surface area (Å²) in [6.45, 7) is 6.77. The van der Waals surface area contributed by atoms with Crippen LogP contribution in [-0.2, 0) is 0 Å². The van der Waals surface area contributed by atoms with Gasteiger partial charge in [0.15, 0.2) is 0 Å². The van der Waals surface area contributed by atoms with Crippen LogP contribution < -0.4 is 10.9 Å². The van der Waals surface area contributed by atoms with Crippen molar-refractivity contribution < 1.29 is 13.2 Å². The Labute approximate surface area is 170 Å². The number of hydrogen-bond acceptors (Lipinski definition) is 0. The van der Waals surface area contributed by atoms with Crippen molar-refractivity contribution in [1.82, 2.24) is 0 Å². The van der Waals surface area contributed by atoms with Gasteiger partial charge in [0, 0.05) is 19.5 Å². The molecular formula is C24H23BF3P. The highest BCUT2D eigenvalue weighted by Gasteiger charge is 2.56. The van der Waals surface area contributed by atoms with Crippen molar-refractivity contribution in [2.45, 2.75) is 6.92 Å². The van der Waals surface area contributed by atoms with Gasteiger partial charge in [0.2, 0.25) is 5.87 Å². The maximum Gasteiger partial charge on any atom is 0.246 e. The van der Waals surface area contributed by atoms with E-state index in [0.29, 0.717) is 0 Å². The Morgan fingerprint density at radius 2 is 1.03 bits per heavy atom. The van der Waals surface area contributed by atoms with E-state index in [4.69, 9.17) is 0 Å². The zero-order chi connectivity index (χ0) is 20.8. The van der Waals surface area contributed by atoms with Crippen molar-refractivity contribution in [1.29, 1.82) is 0 Å². The average Bonchev–Trinajstić information content (AvgIpc) is 2.89. The van der Waals surface area contributed by atoms with Crippen molar-refractivity contribution in [2.75, 3.05) is 19.5 Å². The molecular weight excluding hydrogens is 387 g/mol. The molecule has 3 aromatic rings. The molecule has 0 aliphatic carbocycles. The predicted molar refractivity (Wildman–Crippen MR) is 120 cm³/mol. The molecule has 0 N–H and O–H groups in total. The molecule has 0 saturated carbocycles. The van der Waals surface area contributed by atoms with Gasteiger partial charge >= 0.3 is 0 Å². The molecule has 4 rings (SSSR count). The molecule has 0 spiro atoms. The third-order valence-corrected chi connectivity index (χ3v) is 10.7. The van der Waals surface area contributed by atoms with Crippen LogP contribution in [0.5, 0.6) is 0 Å². The lowest BCUT2D eigenvalue weighted by atomic mass is 9.32. The monoisotopic (exact) mass is 410 g/mol. The maximum atomic E-state index is 13.8. The Hall–Kier alpha value is -2.32. The molecule has 29 heavy (non-hydrogen) atoms. The smallest absolute Gasteiger partial charge is 0.207 e. The highest BCUT2D eigenvalue weighted by molar-refractivity contribution is 8.14. The Morgan fingerprint density at radius 3 is 1.45 bits per heavy atom. The van der Waals surface area contributed by atoms with Gasteiger partial charge in [-0.3, -0.25) is 0 Å². The lowest BCUT2D eigenvalue weighted by molar-refractivity contribution is 0.627. The third kappa shape index (κ3) is 3.15. The average molecular weight is 410 g/mol. The molecule has 0 saturated heterocycles. The van der Waals surface area contributed by atoms with Crippen molar-refractivity contribution in [3.05, 3.63) is 101 Å². The van der Waals surface area contributed by atoms with Crippen LogP contribution in [0.15, 0.2) is 78.4 Å². The van der Waals surface area contributed by atoms with E-state index < -0.39 is 13.0 Å². The van der Waals surface area contributed by atoms with E-state index in [0.717, 1.165) is 22.7 Å². The van der Waals surface area contributed by atoms with Crippen LogP contribution in [0.1, 0.15) is 12.5 Å². The maximum absolute atomic E-state index is 13.8. The van der Waals surface area contributed by atoms with Gasteiger partial charge in [0.05, 0.1) is 0 Å². The lowest BCUT2D eigenvalue weighted by Crippen LogP contribution is -2.59. The van der Waals surface area contributed by atoms with Crippen LogP contribution in [0.25, 0.3) is 5.47 Å². The van der Waals surface area contributed by atoms with Crippen LogP contribution in [0.2, 0.25) is 0 Å². The molecule has 0 amide bonds. The predicted octanol–water partition coefficient (Wildman–Crippen LogP) is 5.47. The Balaban J connectivity index is 2.09. The topological polar surface area (TPSA) is 0 Å². The molecule has 0 nitrogen and oxygen atoms in total. The Kier molecular flexibility index (Phi) is 4.95. The number of allylic oxidation sites excluding steroid dienone is 1. The molecule has 1 aliphatic rings. The minimum Gasteiger partial charge on any atom is -0.207 e. The van der Waals surface area contributed by atoms with Gasteiger partial charge in [-0.25, -0.2) is 13.2 Å². The van der Waals surface area contributed by atoms with E-state index in [1.807, 2.05) is 36.4 Å². The first-order valence-electron chi connectivity index (χ1n) is 9.72. The molecule has 148 valence electrons. The van der Waals surface area contributed by atoms with Crippen LogP contribution in [0.3, 0.4) is 0 Å². The van der Waals surface area contributed by atoms with Gasteiger partial charge in [0.1, 0.15) is 17.5 Å². The highest BCUT2D eigenvalue weighted by atomic mass is 31.2. The number of halogens is 3. The van der Waals surface area contributed by atoms with Crippen LogP contribution in [0, 0.1) is 17.5 Å². The molecule has 1 aliphatic heterocycles. The van der Waals surface area contributed by atoms with Crippen LogP contribution >= 0.6 is 7.14 Å². The number of rotatable bonds is 3. The molecule has 0 atom stereocenters. The highest BCUT2D eigenvalue weighted by Crippen LogP contribution is 2.69. The summed E-state index contributed by atoms with van der Waals surface area (Å²) in [6.07, 6.45) is 0.953. The van der Waals surface area contributed by atoms with E-state index >= 15 is 0 Å². The molecule has 0 unspecified atom stereocenters. The zero-order valence-electron chi connectivity index (χ0n) is 16.8. The van der Waals surface area contributed by atoms with Gasteiger partial charge in [-0.2, -0.15) is 10.9 Å². The summed E-state index contributed by atoms with van der Waals surface area (Å²) in [5.74, 6) is -2.28. The summed E-state index contributed by atoms with van der Waals surface area (Å²) in [7, 11) is -1.65. The third-order valence-electron chi connectivity index (χ3n) is 6.43. The van der Waals surface area contributed by atoms with Gasteiger partial charge < -0.3 is 0 Å². The summed E-state index contributed by atoms with van der Waals surface area (Å²) in [6, 6.07) is 20.1. The van der Waals surface area contributed by atoms with Crippen LogP contribution in [0.4, 0.5) is 13.2 Å². The van der Waals surface area contributed by atoms with E-state index in [-0.39, 0.29) is 17.5 Å². The van der Waals surface area contributed by atoms with Crippen molar-refractivity contribution in [3.63, 3.8) is 0 Å². The first-order chi connectivity index (χ1) is 13.8. The summed E-state index contributed by atoms with van der Waals surface area (Å²) in [4.78, 5) is 0. The number of hydrogen-bond donors (Lipinski definition) is 0. The van der Waals surface area contributed by atoms with Crippen molar-refractivity contribution in [3.8, 4) is 0 Å². The van der Waals surface area contributed by atoms with E-state index in [1.165, 1.54) is 47.4 Å². The van der Waals surface area contributed by atoms with E-state index in [1.54, 1.807) is 0 Å². The van der Waals surface area contributed by atoms with Gasteiger partial charge in [-0.15, -0.1) is 12.6 Å². The minimum absolute atomic E-state index is 0.277. The SMILES string of the molecule is CC1=C(c2ccc(F)cc2)[B-](c2ccc(F)cc2)(c2ccc(F)cc2)[P+](C)(C)C1. The second kappa shape index (κ2) is 7.18. The fourth-order valence-corrected chi connectivity index (χ4v) is 10.2. The summed E-state index contributed by atoms with van der Waals surface area (Å²) < 4.78 is 41.3. The molecule has 0 aromatic heterocycles. The molecule has 3 aromatic carbocycles. The summed E-state index contributed by atoms with van der Waals surface area (Å²) in [5, 5.41) is 0. The van der Waals surface area contributed by atoms with Gasteiger partial charge in [-0.1, -0.05) is 47.5 Å². The Morgan fingerprint density at radius 1 is 0.655 bits per heavy atom. The second-order valence-corrected chi connectivity index (χ2v) is 13.2. The lowest BCUT2D eigenvalue weighted by Gasteiger charge is -2.46. The zero-order valence-corrected chi connectivity index (χ0v) is 17.7. The van der Waals surface area contributed by atoms with E-state index in [9.17, 15) is 13.2 Å². The molecule has 0 bridgehead atoms. The van der Waals surface area contributed by atoms with E-state index in [2.05, 4.69) is 20.3 Å². The quantitative estimate of drug-likeness (QED) is 0.397. The standard InChI is InChI=1S/C24H23BF3P/c1-17-16-29(2,3)25(19-6-12-22(27)13-7-19,20-8-14-23(28)15-9-20)24(17)18-4-10-21(26)11-5-18/h4-15H,16H2,1-3H3. The minimum atomic E-state index is -1.65. The first kappa shape index (κ1) is 20.0. The molecule has 1 heterocycles. The van der Waals surface area contributed by atoms with Crippen LogP contribution in [-0.4, -0.2) is 25.4 Å². The fourth-order valence-electron chi connectivity index (χ4n) is 5.47. The molecule has 0 radical (unpaired) electrons. The number of benzene rings is 3. The Bertz CT molecular complexity index is 1020.